The molecule has 5 nitrogen and oxygen atoms in total. The number of rotatable bonds is 1. The van der Waals surface area contributed by atoms with E-state index in [-0.39, 0.29) is 12.3 Å². The predicted octanol–water partition coefficient (Wildman–Crippen LogP) is 0.945. The quantitative estimate of drug-likeness (QED) is 0.839. The predicted molar refractivity (Wildman–Crippen MR) is 79.6 cm³/mol. The van der Waals surface area contributed by atoms with Gasteiger partial charge in [-0.3, -0.25) is 4.79 Å². The van der Waals surface area contributed by atoms with Crippen molar-refractivity contribution in [3.8, 4) is 0 Å². The highest BCUT2D eigenvalue weighted by Crippen LogP contribution is 2.40. The number of carbonyl (C=O) groups excluding carboxylic acids is 1. The molecule has 1 saturated heterocycles. The number of piperidine rings is 1. The molecule has 1 aromatic carbocycles. The Kier molecular flexibility index (Phi) is 3.53. The molecule has 3 rings (SSSR count). The lowest BCUT2D eigenvalue weighted by molar-refractivity contribution is -0.134. The normalized spacial score (nSPS) is 23.7. The zero-order valence-electron chi connectivity index (χ0n) is 12.1. The standard InChI is InChI=1S/C15H20N2O3S/c1-2-17-14(18)11-12-5-3-4-6-13(12)21(19,20)15(17)7-9-16-10-8-15/h3-6,16H,2,7-11H2,1H3. The van der Waals surface area contributed by atoms with E-state index in [1.54, 1.807) is 29.2 Å². The first-order chi connectivity index (χ1) is 10.0. The molecule has 0 bridgehead atoms. The van der Waals surface area contributed by atoms with Crippen LogP contribution in [-0.2, 0) is 21.1 Å². The van der Waals surface area contributed by atoms with Gasteiger partial charge in [0.1, 0.15) is 0 Å². The van der Waals surface area contributed by atoms with Crippen LogP contribution in [0.15, 0.2) is 29.2 Å². The van der Waals surface area contributed by atoms with Crippen molar-refractivity contribution < 1.29 is 13.2 Å². The van der Waals surface area contributed by atoms with E-state index in [1.807, 2.05) is 6.92 Å². The van der Waals surface area contributed by atoms with Gasteiger partial charge in [0.15, 0.2) is 4.87 Å². The van der Waals surface area contributed by atoms with E-state index in [0.717, 1.165) is 0 Å². The van der Waals surface area contributed by atoms with Crippen molar-refractivity contribution in [3.63, 3.8) is 0 Å². The molecule has 0 radical (unpaired) electrons. The lowest BCUT2D eigenvalue weighted by Gasteiger charge is -2.44. The number of hydrogen-bond acceptors (Lipinski definition) is 4. The van der Waals surface area contributed by atoms with Gasteiger partial charge in [-0.15, -0.1) is 0 Å². The maximum Gasteiger partial charge on any atom is 0.228 e. The summed E-state index contributed by atoms with van der Waals surface area (Å²) in [5, 5.41) is 3.20. The summed E-state index contributed by atoms with van der Waals surface area (Å²) in [7, 11) is -3.57. The minimum Gasteiger partial charge on any atom is -0.323 e. The second-order valence-electron chi connectivity index (χ2n) is 5.62. The molecule has 2 heterocycles. The molecule has 2 aliphatic heterocycles. The maximum atomic E-state index is 13.3. The van der Waals surface area contributed by atoms with E-state index in [1.165, 1.54) is 0 Å². The first-order valence-electron chi connectivity index (χ1n) is 7.36. The Morgan fingerprint density at radius 3 is 2.57 bits per heavy atom. The van der Waals surface area contributed by atoms with Gasteiger partial charge in [-0.05, 0) is 44.5 Å². The van der Waals surface area contributed by atoms with Gasteiger partial charge in [0, 0.05) is 6.54 Å². The van der Waals surface area contributed by atoms with Crippen LogP contribution in [0.4, 0.5) is 0 Å². The number of sulfone groups is 1. The molecule has 1 amide bonds. The van der Waals surface area contributed by atoms with Gasteiger partial charge in [0.2, 0.25) is 15.7 Å². The lowest BCUT2D eigenvalue weighted by Crippen LogP contribution is -2.60. The fourth-order valence-electron chi connectivity index (χ4n) is 3.57. The molecule has 1 fully saturated rings. The number of nitrogens with zero attached hydrogens (tertiary/aromatic N) is 1. The van der Waals surface area contributed by atoms with E-state index < -0.39 is 14.7 Å². The van der Waals surface area contributed by atoms with E-state index in [2.05, 4.69) is 5.32 Å². The average molecular weight is 308 g/mol. The average Bonchev–Trinajstić information content (AvgIpc) is 2.54. The van der Waals surface area contributed by atoms with Gasteiger partial charge in [-0.25, -0.2) is 8.42 Å². The molecule has 0 saturated carbocycles. The number of fused-ring (bicyclic) bond motifs is 1. The highest BCUT2D eigenvalue weighted by molar-refractivity contribution is 7.92. The third kappa shape index (κ3) is 2.00. The first-order valence-corrected chi connectivity index (χ1v) is 8.85. The monoisotopic (exact) mass is 308 g/mol. The van der Waals surface area contributed by atoms with Crippen LogP contribution < -0.4 is 5.32 Å². The smallest absolute Gasteiger partial charge is 0.228 e. The van der Waals surface area contributed by atoms with Crippen LogP contribution in [0.25, 0.3) is 0 Å². The topological polar surface area (TPSA) is 66.5 Å². The summed E-state index contributed by atoms with van der Waals surface area (Å²) in [6.07, 6.45) is 1.06. The van der Waals surface area contributed by atoms with Crippen LogP contribution in [0.5, 0.6) is 0 Å². The molecule has 114 valence electrons. The van der Waals surface area contributed by atoms with E-state index >= 15 is 0 Å². The number of carbonyl (C=O) groups is 1. The van der Waals surface area contributed by atoms with E-state index in [0.29, 0.717) is 42.9 Å². The number of amides is 1. The Morgan fingerprint density at radius 1 is 1.24 bits per heavy atom. The molecule has 1 aromatic rings. The van der Waals surface area contributed by atoms with Crippen molar-refractivity contribution in [3.05, 3.63) is 29.8 Å². The molecule has 0 aromatic heterocycles. The Morgan fingerprint density at radius 2 is 1.90 bits per heavy atom. The van der Waals surface area contributed by atoms with Crippen molar-refractivity contribution in [2.75, 3.05) is 19.6 Å². The largest absolute Gasteiger partial charge is 0.323 e. The van der Waals surface area contributed by atoms with Crippen LogP contribution in [0.1, 0.15) is 25.3 Å². The Bertz CT molecular complexity index is 663. The second-order valence-corrected chi connectivity index (χ2v) is 7.83. The third-order valence-electron chi connectivity index (χ3n) is 4.60. The molecule has 1 spiro atoms. The van der Waals surface area contributed by atoms with Crippen LogP contribution in [0.3, 0.4) is 0 Å². The Balaban J connectivity index is 2.26. The fourth-order valence-corrected chi connectivity index (χ4v) is 5.98. The minimum absolute atomic E-state index is 0.0899. The summed E-state index contributed by atoms with van der Waals surface area (Å²) in [5.74, 6) is -0.0899. The highest BCUT2D eigenvalue weighted by Gasteiger charge is 2.53. The first kappa shape index (κ1) is 14.5. The summed E-state index contributed by atoms with van der Waals surface area (Å²) >= 11 is 0. The molecule has 2 aliphatic rings. The lowest BCUT2D eigenvalue weighted by atomic mass is 10.0. The van der Waals surface area contributed by atoms with Gasteiger partial charge in [-0.1, -0.05) is 18.2 Å². The Labute approximate surface area is 125 Å². The Hall–Kier alpha value is -1.40. The van der Waals surface area contributed by atoms with Crippen molar-refractivity contribution in [1.82, 2.24) is 10.2 Å². The van der Waals surface area contributed by atoms with Gasteiger partial charge in [-0.2, -0.15) is 0 Å². The van der Waals surface area contributed by atoms with Crippen molar-refractivity contribution in [2.24, 2.45) is 0 Å². The SMILES string of the molecule is CCN1C(=O)Cc2ccccc2S(=O)(=O)C12CCNCC2. The summed E-state index contributed by atoms with van der Waals surface area (Å²) in [5.41, 5.74) is 0.622. The fraction of sp³-hybridized carbons (Fsp3) is 0.533. The summed E-state index contributed by atoms with van der Waals surface area (Å²) in [6, 6.07) is 6.91. The van der Waals surface area contributed by atoms with Crippen LogP contribution in [0.2, 0.25) is 0 Å². The van der Waals surface area contributed by atoms with Crippen LogP contribution >= 0.6 is 0 Å². The van der Waals surface area contributed by atoms with E-state index in [4.69, 9.17) is 0 Å². The highest BCUT2D eigenvalue weighted by atomic mass is 32.2. The molecule has 0 unspecified atom stereocenters. The maximum absolute atomic E-state index is 13.3. The van der Waals surface area contributed by atoms with Crippen molar-refractivity contribution in [2.45, 2.75) is 36.0 Å². The molecule has 1 N–H and O–H groups in total. The molecular weight excluding hydrogens is 288 g/mol. The zero-order chi connectivity index (χ0) is 15.1. The summed E-state index contributed by atoms with van der Waals surface area (Å²) < 4.78 is 26.6. The number of benzene rings is 1. The number of likely N-dealkylation sites (N-methyl/N-ethyl adjacent to an activating group) is 1. The number of hydrogen-bond donors (Lipinski definition) is 1. The molecular formula is C15H20N2O3S. The van der Waals surface area contributed by atoms with Crippen molar-refractivity contribution in [1.29, 1.82) is 0 Å². The van der Waals surface area contributed by atoms with Crippen molar-refractivity contribution >= 4 is 15.7 Å². The van der Waals surface area contributed by atoms with E-state index in [9.17, 15) is 13.2 Å². The molecule has 21 heavy (non-hydrogen) atoms. The minimum atomic E-state index is -3.57. The van der Waals surface area contributed by atoms with Gasteiger partial charge >= 0.3 is 0 Å². The second kappa shape index (κ2) is 5.10. The summed E-state index contributed by atoms with van der Waals surface area (Å²) in [6.45, 7) is 3.51. The number of nitrogens with one attached hydrogen (secondary N) is 1. The molecule has 6 heteroatoms. The van der Waals surface area contributed by atoms with Gasteiger partial charge < -0.3 is 10.2 Å². The van der Waals surface area contributed by atoms with Gasteiger partial charge in [0.25, 0.3) is 0 Å². The third-order valence-corrected chi connectivity index (χ3v) is 7.20. The summed E-state index contributed by atoms with van der Waals surface area (Å²) in [4.78, 5) is 13.4. The van der Waals surface area contributed by atoms with Crippen LogP contribution in [0, 0.1) is 0 Å². The zero-order valence-corrected chi connectivity index (χ0v) is 12.9. The van der Waals surface area contributed by atoms with Gasteiger partial charge in [0.05, 0.1) is 11.3 Å². The molecule has 0 atom stereocenters. The molecule has 0 aliphatic carbocycles. The van der Waals surface area contributed by atoms with Crippen LogP contribution in [-0.4, -0.2) is 43.7 Å².